The fourth-order valence-electron chi connectivity index (χ4n) is 4.11. The molecule has 3 N–H and O–H groups in total. The Labute approximate surface area is 150 Å². The number of amides is 2. The molecule has 1 aliphatic heterocycles. The molecule has 6 heteroatoms. The summed E-state index contributed by atoms with van der Waals surface area (Å²) in [7, 11) is 0. The molecule has 2 atom stereocenters. The molecule has 0 radical (unpaired) electrons. The van der Waals surface area contributed by atoms with Crippen LogP contribution in [0.2, 0.25) is 0 Å². The van der Waals surface area contributed by atoms with Gasteiger partial charge in [-0.05, 0) is 24.5 Å². The summed E-state index contributed by atoms with van der Waals surface area (Å²) >= 11 is 0. The monoisotopic (exact) mass is 350 g/mol. The second-order valence-electron chi connectivity index (χ2n) is 6.75. The summed E-state index contributed by atoms with van der Waals surface area (Å²) in [6.07, 6.45) is 0.955. The van der Waals surface area contributed by atoms with Crippen molar-refractivity contribution in [1.29, 1.82) is 0 Å². The highest BCUT2D eigenvalue weighted by molar-refractivity contribution is 6.13. The molecule has 1 heterocycles. The van der Waals surface area contributed by atoms with E-state index >= 15 is 0 Å². The van der Waals surface area contributed by atoms with E-state index in [1.165, 1.54) is 4.90 Å². The Morgan fingerprint density at radius 3 is 2.62 bits per heavy atom. The number of para-hydroxylation sites is 1. The summed E-state index contributed by atoms with van der Waals surface area (Å²) in [4.78, 5) is 38.7. The number of Topliss-reactive ketones (excluding diaryl/α,β-unsaturated/α-hetero) is 1. The third-order valence-corrected chi connectivity index (χ3v) is 5.30. The maximum Gasteiger partial charge on any atom is 0.264 e. The zero-order valence-electron chi connectivity index (χ0n) is 14.0. The summed E-state index contributed by atoms with van der Waals surface area (Å²) in [5.74, 6) is -2.50. The quantitative estimate of drug-likeness (QED) is 0.867. The molecule has 0 bridgehead atoms. The minimum atomic E-state index is -1.99. The summed E-state index contributed by atoms with van der Waals surface area (Å²) in [6, 6.07) is 13.9. The second kappa shape index (κ2) is 5.78. The van der Waals surface area contributed by atoms with Gasteiger partial charge in [0.15, 0.2) is 11.4 Å². The lowest BCUT2D eigenvalue weighted by Gasteiger charge is -2.34. The number of primary amides is 1. The van der Waals surface area contributed by atoms with Crippen molar-refractivity contribution >= 4 is 23.3 Å². The minimum absolute atomic E-state index is 0.251. The van der Waals surface area contributed by atoms with Crippen LogP contribution in [0.1, 0.15) is 27.9 Å². The third-order valence-electron chi connectivity index (χ3n) is 5.30. The lowest BCUT2D eigenvalue weighted by atomic mass is 9.71. The van der Waals surface area contributed by atoms with Crippen LogP contribution < -0.4 is 10.6 Å². The van der Waals surface area contributed by atoms with Crippen molar-refractivity contribution in [3.8, 4) is 0 Å². The molecule has 1 aliphatic carbocycles. The highest BCUT2D eigenvalue weighted by Gasteiger charge is 2.57. The number of fused-ring (bicyclic) bond motifs is 2. The molecule has 2 unspecified atom stereocenters. The second-order valence-corrected chi connectivity index (χ2v) is 6.75. The van der Waals surface area contributed by atoms with Crippen LogP contribution in [0.3, 0.4) is 0 Å². The Hall–Kier alpha value is -2.99. The van der Waals surface area contributed by atoms with E-state index in [1.54, 1.807) is 36.4 Å². The molecular weight excluding hydrogens is 332 g/mol. The average molecular weight is 350 g/mol. The number of hydrogen-bond donors (Lipinski definition) is 2. The van der Waals surface area contributed by atoms with Gasteiger partial charge in [0.25, 0.3) is 5.91 Å². The molecule has 132 valence electrons. The first-order chi connectivity index (χ1) is 12.4. The molecule has 4 rings (SSSR count). The van der Waals surface area contributed by atoms with E-state index in [1.807, 2.05) is 12.1 Å². The number of aliphatic hydroxyl groups is 1. The van der Waals surface area contributed by atoms with Crippen LogP contribution in [0.25, 0.3) is 0 Å². The van der Waals surface area contributed by atoms with Crippen molar-refractivity contribution in [2.24, 2.45) is 11.7 Å². The predicted molar refractivity (Wildman–Crippen MR) is 94.5 cm³/mol. The van der Waals surface area contributed by atoms with E-state index < -0.39 is 23.3 Å². The third kappa shape index (κ3) is 2.19. The van der Waals surface area contributed by atoms with Gasteiger partial charge in [-0.2, -0.15) is 0 Å². The molecule has 2 aromatic rings. The predicted octanol–water partition coefficient (Wildman–Crippen LogP) is 1.15. The molecule has 2 aromatic carbocycles. The standard InChI is InChI=1S/C20H18N2O4/c21-17(23)11-22-16-8-4-3-7-14(16)20(26,19(22)25)15-10-9-12-5-1-2-6-13(12)18(15)24/h1-8,15,26H,9-11H2,(H2,21,23). The molecule has 0 saturated carbocycles. The van der Waals surface area contributed by atoms with Crippen LogP contribution in [0.5, 0.6) is 0 Å². The summed E-state index contributed by atoms with van der Waals surface area (Å²) in [5.41, 5.74) is 5.51. The Balaban J connectivity index is 1.82. The fourth-order valence-corrected chi connectivity index (χ4v) is 4.11. The molecule has 2 aliphatic rings. The van der Waals surface area contributed by atoms with Gasteiger partial charge >= 0.3 is 0 Å². The van der Waals surface area contributed by atoms with E-state index in [4.69, 9.17) is 5.73 Å². The van der Waals surface area contributed by atoms with Gasteiger partial charge in [0, 0.05) is 11.1 Å². The largest absolute Gasteiger partial charge is 0.375 e. The van der Waals surface area contributed by atoms with Crippen LogP contribution in [-0.2, 0) is 21.6 Å². The number of hydrogen-bond acceptors (Lipinski definition) is 4. The van der Waals surface area contributed by atoms with E-state index in [0.29, 0.717) is 29.7 Å². The maximum atomic E-state index is 13.1. The first kappa shape index (κ1) is 16.5. The number of aryl methyl sites for hydroxylation is 1. The minimum Gasteiger partial charge on any atom is -0.375 e. The van der Waals surface area contributed by atoms with Crippen molar-refractivity contribution in [3.63, 3.8) is 0 Å². The molecule has 0 spiro atoms. The Kier molecular flexibility index (Phi) is 3.66. The topological polar surface area (TPSA) is 101 Å². The van der Waals surface area contributed by atoms with Gasteiger partial charge in [-0.15, -0.1) is 0 Å². The van der Waals surface area contributed by atoms with Crippen LogP contribution in [0.4, 0.5) is 5.69 Å². The van der Waals surface area contributed by atoms with Gasteiger partial charge in [0.05, 0.1) is 11.6 Å². The Bertz CT molecular complexity index is 939. The molecule has 0 aromatic heterocycles. The lowest BCUT2D eigenvalue weighted by Crippen LogP contribution is -2.51. The van der Waals surface area contributed by atoms with Gasteiger partial charge in [0.2, 0.25) is 5.91 Å². The van der Waals surface area contributed by atoms with Crippen molar-refractivity contribution in [3.05, 3.63) is 65.2 Å². The smallest absolute Gasteiger partial charge is 0.264 e. The van der Waals surface area contributed by atoms with Gasteiger partial charge in [-0.3, -0.25) is 19.3 Å². The molecule has 0 fully saturated rings. The van der Waals surface area contributed by atoms with Crippen molar-refractivity contribution in [1.82, 2.24) is 0 Å². The maximum absolute atomic E-state index is 13.1. The van der Waals surface area contributed by atoms with Crippen LogP contribution >= 0.6 is 0 Å². The van der Waals surface area contributed by atoms with E-state index in [-0.39, 0.29) is 12.3 Å². The first-order valence-electron chi connectivity index (χ1n) is 8.49. The zero-order valence-corrected chi connectivity index (χ0v) is 14.0. The number of benzene rings is 2. The molecule has 26 heavy (non-hydrogen) atoms. The van der Waals surface area contributed by atoms with Crippen molar-refractivity contribution < 1.29 is 19.5 Å². The van der Waals surface area contributed by atoms with Crippen molar-refractivity contribution in [2.75, 3.05) is 11.4 Å². The molecule has 2 amide bonds. The average Bonchev–Trinajstić information content (AvgIpc) is 2.85. The number of carbonyl (C=O) groups is 3. The summed E-state index contributed by atoms with van der Waals surface area (Å²) in [5, 5.41) is 11.5. The highest BCUT2D eigenvalue weighted by atomic mass is 16.3. The van der Waals surface area contributed by atoms with Crippen LogP contribution in [0, 0.1) is 5.92 Å². The number of rotatable bonds is 3. The van der Waals surface area contributed by atoms with E-state index in [9.17, 15) is 19.5 Å². The van der Waals surface area contributed by atoms with Gasteiger partial charge in [-0.1, -0.05) is 42.5 Å². The van der Waals surface area contributed by atoms with E-state index in [2.05, 4.69) is 0 Å². The number of anilines is 1. The molecule has 6 nitrogen and oxygen atoms in total. The molecular formula is C20H18N2O4. The number of nitrogens with two attached hydrogens (primary N) is 1. The lowest BCUT2D eigenvalue weighted by molar-refractivity contribution is -0.141. The Morgan fingerprint density at radius 2 is 1.85 bits per heavy atom. The summed E-state index contributed by atoms with van der Waals surface area (Å²) in [6.45, 7) is -0.338. The number of ketones is 1. The summed E-state index contributed by atoms with van der Waals surface area (Å²) < 4.78 is 0. The van der Waals surface area contributed by atoms with E-state index in [0.717, 1.165) is 5.56 Å². The SMILES string of the molecule is NC(=O)CN1C(=O)C(O)(C2CCc3ccccc3C2=O)c2ccccc21. The highest BCUT2D eigenvalue weighted by Crippen LogP contribution is 2.48. The fraction of sp³-hybridized carbons (Fsp3) is 0.250. The number of nitrogens with zero attached hydrogens (tertiary/aromatic N) is 1. The van der Waals surface area contributed by atoms with Crippen LogP contribution in [0.15, 0.2) is 48.5 Å². The van der Waals surface area contributed by atoms with Gasteiger partial charge < -0.3 is 10.8 Å². The Morgan fingerprint density at radius 1 is 1.15 bits per heavy atom. The zero-order chi connectivity index (χ0) is 18.5. The number of carbonyl (C=O) groups excluding carboxylic acids is 3. The normalized spacial score (nSPS) is 24.3. The molecule has 0 saturated heterocycles. The van der Waals surface area contributed by atoms with Gasteiger partial charge in [-0.25, -0.2) is 0 Å². The van der Waals surface area contributed by atoms with Crippen molar-refractivity contribution in [2.45, 2.75) is 18.4 Å². The first-order valence-corrected chi connectivity index (χ1v) is 8.49. The van der Waals surface area contributed by atoms with Crippen LogP contribution in [-0.4, -0.2) is 29.2 Å². The van der Waals surface area contributed by atoms with Gasteiger partial charge in [0.1, 0.15) is 6.54 Å².